The lowest BCUT2D eigenvalue weighted by atomic mass is 10.3. The van der Waals surface area contributed by atoms with E-state index in [2.05, 4.69) is 29.0 Å². The van der Waals surface area contributed by atoms with Crippen LogP contribution in [0.2, 0.25) is 5.02 Å². The summed E-state index contributed by atoms with van der Waals surface area (Å²) in [4.78, 5) is 17.2. The third-order valence-electron chi connectivity index (χ3n) is 2.77. The quantitative estimate of drug-likeness (QED) is 0.768. The van der Waals surface area contributed by atoms with Crippen LogP contribution < -0.4 is 5.32 Å². The van der Waals surface area contributed by atoms with Crippen molar-refractivity contribution in [1.82, 2.24) is 9.88 Å². The largest absolute Gasteiger partial charge is 0.476 e. The van der Waals surface area contributed by atoms with Gasteiger partial charge in [-0.1, -0.05) is 25.4 Å². The van der Waals surface area contributed by atoms with Gasteiger partial charge in [0.2, 0.25) is 0 Å². The number of likely N-dealkylation sites (N-methyl/N-ethyl adjacent to an activating group) is 1. The Morgan fingerprint density at radius 1 is 1.42 bits per heavy atom. The van der Waals surface area contributed by atoms with Crippen molar-refractivity contribution in [2.45, 2.75) is 20.3 Å². The summed E-state index contributed by atoms with van der Waals surface area (Å²) in [6.45, 7) is 7.96. The van der Waals surface area contributed by atoms with E-state index in [9.17, 15) is 4.79 Å². The average Bonchev–Trinajstić information content (AvgIpc) is 2.39. The summed E-state index contributed by atoms with van der Waals surface area (Å²) in [5.41, 5.74) is -0.118. The van der Waals surface area contributed by atoms with E-state index in [-0.39, 0.29) is 10.7 Å². The van der Waals surface area contributed by atoms with Crippen molar-refractivity contribution in [1.29, 1.82) is 0 Å². The number of aromatic nitrogens is 1. The van der Waals surface area contributed by atoms with Gasteiger partial charge < -0.3 is 15.3 Å². The highest BCUT2D eigenvalue weighted by Crippen LogP contribution is 2.16. The first-order valence-corrected chi connectivity index (χ1v) is 6.82. The Morgan fingerprint density at radius 2 is 2.16 bits per heavy atom. The van der Waals surface area contributed by atoms with Crippen LogP contribution in [-0.2, 0) is 0 Å². The van der Waals surface area contributed by atoms with Gasteiger partial charge in [0.05, 0.1) is 5.02 Å². The Bertz CT molecular complexity index is 426. The number of aromatic carboxylic acids is 1. The zero-order chi connectivity index (χ0) is 14.3. The van der Waals surface area contributed by atoms with Gasteiger partial charge in [0.15, 0.2) is 5.69 Å². The molecule has 0 bridgehead atoms. The number of halogens is 1. The monoisotopic (exact) mass is 285 g/mol. The minimum absolute atomic E-state index is 0.118. The highest BCUT2D eigenvalue weighted by Gasteiger charge is 2.11. The zero-order valence-electron chi connectivity index (χ0n) is 11.3. The van der Waals surface area contributed by atoms with Crippen LogP contribution >= 0.6 is 11.6 Å². The van der Waals surface area contributed by atoms with Gasteiger partial charge in [-0.05, 0) is 31.6 Å². The fourth-order valence-corrected chi connectivity index (χ4v) is 1.96. The van der Waals surface area contributed by atoms with Gasteiger partial charge in [0, 0.05) is 13.1 Å². The van der Waals surface area contributed by atoms with E-state index >= 15 is 0 Å². The molecule has 0 fully saturated rings. The van der Waals surface area contributed by atoms with Crippen LogP contribution in [0.4, 0.5) is 5.82 Å². The van der Waals surface area contributed by atoms with Crippen molar-refractivity contribution >= 4 is 23.4 Å². The summed E-state index contributed by atoms with van der Waals surface area (Å²) >= 11 is 5.76. The number of rotatable bonds is 8. The van der Waals surface area contributed by atoms with Crippen molar-refractivity contribution in [3.8, 4) is 0 Å². The first kappa shape index (κ1) is 15.7. The molecular weight excluding hydrogens is 266 g/mol. The maximum Gasteiger partial charge on any atom is 0.356 e. The van der Waals surface area contributed by atoms with Crippen LogP contribution in [0.1, 0.15) is 30.8 Å². The van der Waals surface area contributed by atoms with Gasteiger partial charge in [0.1, 0.15) is 5.82 Å². The molecular formula is C13H20ClN3O2. The number of anilines is 1. The predicted octanol–water partition coefficient (Wildman–Crippen LogP) is 2.58. The van der Waals surface area contributed by atoms with Gasteiger partial charge in [-0.2, -0.15) is 0 Å². The van der Waals surface area contributed by atoms with Crippen molar-refractivity contribution in [3.05, 3.63) is 22.8 Å². The third kappa shape index (κ3) is 5.04. The third-order valence-corrected chi connectivity index (χ3v) is 3.07. The van der Waals surface area contributed by atoms with E-state index in [0.717, 1.165) is 32.6 Å². The molecule has 0 aliphatic heterocycles. The lowest BCUT2D eigenvalue weighted by Crippen LogP contribution is -2.29. The first-order chi connectivity index (χ1) is 9.08. The second-order valence-corrected chi connectivity index (χ2v) is 4.60. The SMILES string of the molecule is CCCN(CC)CCNc1ccc(Cl)c(C(=O)O)n1. The minimum atomic E-state index is -1.12. The molecule has 6 heteroatoms. The molecule has 0 saturated heterocycles. The molecule has 0 radical (unpaired) electrons. The zero-order valence-corrected chi connectivity index (χ0v) is 12.1. The lowest BCUT2D eigenvalue weighted by molar-refractivity contribution is 0.0691. The van der Waals surface area contributed by atoms with Crippen molar-refractivity contribution in [2.24, 2.45) is 0 Å². The lowest BCUT2D eigenvalue weighted by Gasteiger charge is -2.19. The maximum absolute atomic E-state index is 10.9. The molecule has 0 atom stereocenters. The molecule has 1 aromatic heterocycles. The smallest absolute Gasteiger partial charge is 0.356 e. The van der Waals surface area contributed by atoms with Crippen molar-refractivity contribution in [3.63, 3.8) is 0 Å². The van der Waals surface area contributed by atoms with E-state index < -0.39 is 5.97 Å². The van der Waals surface area contributed by atoms with Crippen LogP contribution in [-0.4, -0.2) is 47.1 Å². The minimum Gasteiger partial charge on any atom is -0.476 e. The van der Waals surface area contributed by atoms with Gasteiger partial charge >= 0.3 is 5.97 Å². The molecule has 1 aromatic rings. The Morgan fingerprint density at radius 3 is 2.74 bits per heavy atom. The highest BCUT2D eigenvalue weighted by molar-refractivity contribution is 6.33. The molecule has 1 heterocycles. The molecule has 0 aliphatic carbocycles. The molecule has 0 unspecified atom stereocenters. The molecule has 19 heavy (non-hydrogen) atoms. The van der Waals surface area contributed by atoms with E-state index in [4.69, 9.17) is 16.7 Å². The molecule has 0 aromatic carbocycles. The molecule has 1 rings (SSSR count). The highest BCUT2D eigenvalue weighted by atomic mass is 35.5. The van der Waals surface area contributed by atoms with Gasteiger partial charge in [0.25, 0.3) is 0 Å². The van der Waals surface area contributed by atoms with Crippen molar-refractivity contribution < 1.29 is 9.90 Å². The van der Waals surface area contributed by atoms with E-state index in [1.807, 2.05) is 0 Å². The first-order valence-electron chi connectivity index (χ1n) is 6.44. The fraction of sp³-hybridized carbons (Fsp3) is 0.538. The van der Waals surface area contributed by atoms with Crippen LogP contribution in [0.3, 0.4) is 0 Å². The molecule has 0 saturated carbocycles. The summed E-state index contributed by atoms with van der Waals surface area (Å²) in [5.74, 6) is -0.579. The van der Waals surface area contributed by atoms with Crippen LogP contribution in [0.5, 0.6) is 0 Å². The summed E-state index contributed by atoms with van der Waals surface area (Å²) in [7, 11) is 0. The van der Waals surface area contributed by atoms with E-state index in [1.165, 1.54) is 0 Å². The topological polar surface area (TPSA) is 65.5 Å². The van der Waals surface area contributed by atoms with Gasteiger partial charge in [-0.3, -0.25) is 0 Å². The van der Waals surface area contributed by atoms with E-state index in [0.29, 0.717) is 5.82 Å². The summed E-state index contributed by atoms with van der Waals surface area (Å²) in [6.07, 6.45) is 1.12. The number of carbonyl (C=O) groups is 1. The van der Waals surface area contributed by atoms with Crippen molar-refractivity contribution in [2.75, 3.05) is 31.5 Å². The Hall–Kier alpha value is -1.33. The van der Waals surface area contributed by atoms with Gasteiger partial charge in [-0.25, -0.2) is 9.78 Å². The predicted molar refractivity (Wildman–Crippen MR) is 77.1 cm³/mol. The number of hydrogen-bond acceptors (Lipinski definition) is 4. The fourth-order valence-electron chi connectivity index (χ4n) is 1.78. The molecule has 2 N–H and O–H groups in total. The molecule has 5 nitrogen and oxygen atoms in total. The average molecular weight is 286 g/mol. The number of nitrogens with zero attached hydrogens (tertiary/aromatic N) is 2. The molecule has 106 valence electrons. The number of carboxylic acids is 1. The summed E-state index contributed by atoms with van der Waals surface area (Å²) in [5, 5.41) is 12.2. The van der Waals surface area contributed by atoms with Crippen LogP contribution in [0.15, 0.2) is 12.1 Å². The number of carboxylic acid groups (broad SMARTS) is 1. The molecule has 0 spiro atoms. The number of nitrogens with one attached hydrogen (secondary N) is 1. The Labute approximate surface area is 118 Å². The molecule has 0 amide bonds. The standard InChI is InChI=1S/C13H20ClN3O2/c1-3-8-17(4-2)9-7-15-11-6-5-10(14)12(16-11)13(18)19/h5-6H,3-4,7-9H2,1-2H3,(H,15,16)(H,18,19). The Balaban J connectivity index is 2.54. The second-order valence-electron chi connectivity index (χ2n) is 4.19. The Kier molecular flexibility index (Phi) is 6.59. The maximum atomic E-state index is 10.9. The van der Waals surface area contributed by atoms with Gasteiger partial charge in [-0.15, -0.1) is 0 Å². The normalized spacial score (nSPS) is 10.7. The van der Waals surface area contributed by atoms with E-state index in [1.54, 1.807) is 12.1 Å². The summed E-state index contributed by atoms with van der Waals surface area (Å²) < 4.78 is 0. The van der Waals surface area contributed by atoms with Crippen LogP contribution in [0, 0.1) is 0 Å². The number of hydrogen-bond donors (Lipinski definition) is 2. The van der Waals surface area contributed by atoms with Crippen LogP contribution in [0.25, 0.3) is 0 Å². The second kappa shape index (κ2) is 7.96. The molecule has 0 aliphatic rings. The number of pyridine rings is 1. The summed E-state index contributed by atoms with van der Waals surface area (Å²) in [6, 6.07) is 3.23.